The number of hydrogen-bond acceptors (Lipinski definition) is 3. The van der Waals surface area contributed by atoms with Crippen molar-refractivity contribution in [2.45, 2.75) is 26.7 Å². The Bertz CT molecular complexity index is 447. The average molecular weight is 314 g/mol. The van der Waals surface area contributed by atoms with Crippen LogP contribution >= 0.6 is 12.4 Å². The summed E-state index contributed by atoms with van der Waals surface area (Å²) in [5.41, 5.74) is 6.67. The Morgan fingerprint density at radius 2 is 1.76 bits per heavy atom. The van der Waals surface area contributed by atoms with Crippen molar-refractivity contribution in [3.63, 3.8) is 0 Å². The van der Waals surface area contributed by atoms with Crippen LogP contribution in [-0.4, -0.2) is 24.9 Å². The summed E-state index contributed by atoms with van der Waals surface area (Å²) in [6, 6.07) is 6.87. The Morgan fingerprint density at radius 1 is 1.14 bits per heavy atom. The third-order valence-electron chi connectivity index (χ3n) is 2.86. The molecule has 0 radical (unpaired) electrons. The van der Waals surface area contributed by atoms with E-state index in [0.29, 0.717) is 24.3 Å². The second kappa shape index (κ2) is 10.2. The molecular weight excluding hydrogens is 290 g/mol. The van der Waals surface area contributed by atoms with Crippen molar-refractivity contribution in [1.82, 2.24) is 5.32 Å². The SMILES string of the molecule is CC(C)C(=O)Nc1ccc(C(=O)NCCCCN)cc1.Cl. The summed E-state index contributed by atoms with van der Waals surface area (Å²) in [5, 5.41) is 5.61. The molecule has 6 heteroatoms. The fourth-order valence-electron chi connectivity index (χ4n) is 1.56. The van der Waals surface area contributed by atoms with Crippen LogP contribution in [0.4, 0.5) is 5.69 Å². The van der Waals surface area contributed by atoms with Gasteiger partial charge in [-0.25, -0.2) is 0 Å². The van der Waals surface area contributed by atoms with Crippen LogP contribution in [0.15, 0.2) is 24.3 Å². The maximum Gasteiger partial charge on any atom is 0.251 e. The van der Waals surface area contributed by atoms with Crippen LogP contribution in [0.1, 0.15) is 37.0 Å². The Labute approximate surface area is 132 Å². The number of anilines is 1. The molecule has 0 saturated heterocycles. The number of hydrogen-bond donors (Lipinski definition) is 3. The van der Waals surface area contributed by atoms with Gasteiger partial charge < -0.3 is 16.4 Å². The van der Waals surface area contributed by atoms with Gasteiger partial charge in [-0.15, -0.1) is 12.4 Å². The highest BCUT2D eigenvalue weighted by molar-refractivity contribution is 5.96. The molecule has 0 fully saturated rings. The molecule has 1 rings (SSSR count). The molecule has 0 heterocycles. The first-order valence-electron chi connectivity index (χ1n) is 6.93. The summed E-state index contributed by atoms with van der Waals surface area (Å²) in [6.07, 6.45) is 1.78. The highest BCUT2D eigenvalue weighted by atomic mass is 35.5. The number of carbonyl (C=O) groups is 2. The van der Waals surface area contributed by atoms with Gasteiger partial charge in [0, 0.05) is 23.7 Å². The largest absolute Gasteiger partial charge is 0.352 e. The molecule has 21 heavy (non-hydrogen) atoms. The van der Waals surface area contributed by atoms with Crippen LogP contribution < -0.4 is 16.4 Å². The topological polar surface area (TPSA) is 84.2 Å². The van der Waals surface area contributed by atoms with Gasteiger partial charge in [0.2, 0.25) is 5.91 Å². The van der Waals surface area contributed by atoms with Gasteiger partial charge in [0.15, 0.2) is 0 Å². The van der Waals surface area contributed by atoms with Crippen molar-refractivity contribution >= 4 is 29.9 Å². The van der Waals surface area contributed by atoms with Crippen LogP contribution in [0.25, 0.3) is 0 Å². The maximum absolute atomic E-state index is 11.8. The molecule has 0 spiro atoms. The minimum Gasteiger partial charge on any atom is -0.352 e. The Morgan fingerprint density at radius 3 is 2.29 bits per heavy atom. The number of benzene rings is 1. The number of nitrogens with two attached hydrogens (primary N) is 1. The van der Waals surface area contributed by atoms with Crippen LogP contribution in [-0.2, 0) is 4.79 Å². The first kappa shape index (κ1) is 19.4. The molecular formula is C15H24ClN3O2. The van der Waals surface area contributed by atoms with Crippen molar-refractivity contribution in [2.24, 2.45) is 11.7 Å². The van der Waals surface area contributed by atoms with E-state index in [1.54, 1.807) is 24.3 Å². The first-order valence-corrected chi connectivity index (χ1v) is 6.93. The van der Waals surface area contributed by atoms with E-state index in [-0.39, 0.29) is 30.1 Å². The molecule has 0 saturated carbocycles. The zero-order valence-corrected chi connectivity index (χ0v) is 13.3. The quantitative estimate of drug-likeness (QED) is 0.674. The fraction of sp³-hybridized carbons (Fsp3) is 0.467. The number of nitrogens with one attached hydrogen (secondary N) is 2. The predicted molar refractivity (Wildman–Crippen MR) is 87.8 cm³/mol. The molecule has 0 aromatic heterocycles. The molecule has 2 amide bonds. The van der Waals surface area contributed by atoms with Crippen molar-refractivity contribution in [3.8, 4) is 0 Å². The van der Waals surface area contributed by atoms with Gasteiger partial charge >= 0.3 is 0 Å². The molecule has 0 aliphatic heterocycles. The van der Waals surface area contributed by atoms with E-state index in [9.17, 15) is 9.59 Å². The van der Waals surface area contributed by atoms with Gasteiger partial charge in [-0.05, 0) is 43.7 Å². The minimum absolute atomic E-state index is 0. The summed E-state index contributed by atoms with van der Waals surface area (Å²) < 4.78 is 0. The van der Waals surface area contributed by atoms with Gasteiger partial charge in [0.05, 0.1) is 0 Å². The summed E-state index contributed by atoms with van der Waals surface area (Å²) >= 11 is 0. The van der Waals surface area contributed by atoms with Gasteiger partial charge in [0.25, 0.3) is 5.91 Å². The maximum atomic E-state index is 11.8. The van der Waals surface area contributed by atoms with Gasteiger partial charge in [-0.1, -0.05) is 13.8 Å². The Balaban J connectivity index is 0.00000400. The predicted octanol–water partition coefficient (Wildman–Crippen LogP) is 2.17. The number of carbonyl (C=O) groups excluding carboxylic acids is 2. The van der Waals surface area contributed by atoms with E-state index < -0.39 is 0 Å². The summed E-state index contributed by atoms with van der Waals surface area (Å²) in [5.74, 6) is -0.215. The lowest BCUT2D eigenvalue weighted by molar-refractivity contribution is -0.118. The van der Waals surface area contributed by atoms with E-state index in [4.69, 9.17) is 5.73 Å². The van der Waals surface area contributed by atoms with Crippen LogP contribution in [0.2, 0.25) is 0 Å². The molecule has 0 atom stereocenters. The first-order chi connectivity index (χ1) is 9.54. The van der Waals surface area contributed by atoms with E-state index in [0.717, 1.165) is 12.8 Å². The summed E-state index contributed by atoms with van der Waals surface area (Å²) in [6.45, 7) is 4.93. The normalized spacial score (nSPS) is 9.90. The van der Waals surface area contributed by atoms with Crippen molar-refractivity contribution in [3.05, 3.63) is 29.8 Å². The van der Waals surface area contributed by atoms with E-state index in [2.05, 4.69) is 10.6 Å². The zero-order chi connectivity index (χ0) is 15.0. The lowest BCUT2D eigenvalue weighted by Crippen LogP contribution is -2.25. The number of halogens is 1. The zero-order valence-electron chi connectivity index (χ0n) is 12.5. The molecule has 5 nitrogen and oxygen atoms in total. The molecule has 0 aliphatic rings. The monoisotopic (exact) mass is 313 g/mol. The molecule has 0 aliphatic carbocycles. The van der Waals surface area contributed by atoms with E-state index in [1.165, 1.54) is 0 Å². The van der Waals surface area contributed by atoms with Crippen molar-refractivity contribution < 1.29 is 9.59 Å². The second-order valence-corrected chi connectivity index (χ2v) is 4.97. The minimum atomic E-state index is -0.108. The van der Waals surface area contributed by atoms with Crippen LogP contribution in [0, 0.1) is 5.92 Å². The summed E-state index contributed by atoms with van der Waals surface area (Å²) in [7, 11) is 0. The average Bonchev–Trinajstić information content (AvgIpc) is 2.44. The lowest BCUT2D eigenvalue weighted by atomic mass is 10.1. The van der Waals surface area contributed by atoms with Crippen LogP contribution in [0.5, 0.6) is 0 Å². The highest BCUT2D eigenvalue weighted by Crippen LogP contribution is 2.11. The standard InChI is InChI=1S/C15H23N3O2.ClH/c1-11(2)14(19)18-13-7-5-12(6-8-13)15(20)17-10-4-3-9-16;/h5-8,11H,3-4,9-10,16H2,1-2H3,(H,17,20)(H,18,19);1H. The molecule has 4 N–H and O–H groups in total. The van der Waals surface area contributed by atoms with Gasteiger partial charge in [-0.3, -0.25) is 9.59 Å². The number of amides is 2. The smallest absolute Gasteiger partial charge is 0.251 e. The van der Waals surface area contributed by atoms with Gasteiger partial charge in [-0.2, -0.15) is 0 Å². The molecule has 118 valence electrons. The van der Waals surface area contributed by atoms with Gasteiger partial charge in [0.1, 0.15) is 0 Å². The molecule has 1 aromatic rings. The summed E-state index contributed by atoms with van der Waals surface area (Å²) in [4.78, 5) is 23.4. The third kappa shape index (κ3) is 7.11. The Hall–Kier alpha value is -1.59. The number of unbranched alkanes of at least 4 members (excludes halogenated alkanes) is 1. The van der Waals surface area contributed by atoms with Crippen molar-refractivity contribution in [2.75, 3.05) is 18.4 Å². The highest BCUT2D eigenvalue weighted by Gasteiger charge is 2.08. The fourth-order valence-corrected chi connectivity index (χ4v) is 1.56. The van der Waals surface area contributed by atoms with Crippen molar-refractivity contribution in [1.29, 1.82) is 0 Å². The van der Waals surface area contributed by atoms with Crippen LogP contribution in [0.3, 0.4) is 0 Å². The lowest BCUT2D eigenvalue weighted by Gasteiger charge is -2.09. The molecule has 0 bridgehead atoms. The van der Waals surface area contributed by atoms with E-state index in [1.807, 2.05) is 13.8 Å². The molecule has 0 unspecified atom stereocenters. The van der Waals surface area contributed by atoms with E-state index >= 15 is 0 Å². The molecule has 1 aromatic carbocycles. The Kier molecular flexibility index (Phi) is 9.41. The number of rotatable bonds is 7. The third-order valence-corrected chi connectivity index (χ3v) is 2.86. The second-order valence-electron chi connectivity index (χ2n) is 4.97.